The molecule has 1 amide bonds. The Hall–Kier alpha value is -2.96. The van der Waals surface area contributed by atoms with E-state index in [2.05, 4.69) is 21.8 Å². The van der Waals surface area contributed by atoms with E-state index in [0.717, 1.165) is 16.7 Å². The third kappa shape index (κ3) is 11.4. The predicted molar refractivity (Wildman–Crippen MR) is 173 cm³/mol. The number of benzene rings is 1. The molecule has 0 radical (unpaired) electrons. The number of allylic oxidation sites excluding steroid dienone is 2. The summed E-state index contributed by atoms with van der Waals surface area (Å²) < 4.78 is 31.2. The van der Waals surface area contributed by atoms with Crippen LogP contribution in [0.25, 0.3) is 5.57 Å². The first-order chi connectivity index (χ1) is 19.9. The molecule has 0 bridgehead atoms. The minimum Gasteiger partial charge on any atom is -0.405 e. The third-order valence-corrected chi connectivity index (χ3v) is 8.24. The highest BCUT2D eigenvalue weighted by Crippen LogP contribution is 2.36. The first-order valence-corrected chi connectivity index (χ1v) is 16.0. The second-order valence-corrected chi connectivity index (χ2v) is 12.7. The Morgan fingerprint density at radius 2 is 1.98 bits per heavy atom. The minimum absolute atomic E-state index is 0.0800. The Bertz CT molecular complexity index is 1280. The maximum Gasteiger partial charge on any atom is 0.246 e. The zero-order chi connectivity index (χ0) is 31.3. The minimum atomic E-state index is -3.28. The molecule has 0 aliphatic carbocycles. The van der Waals surface area contributed by atoms with Crippen molar-refractivity contribution in [1.29, 1.82) is 0 Å². The van der Waals surface area contributed by atoms with Crippen LogP contribution in [0.2, 0.25) is 5.02 Å². The molecule has 0 aromatic heterocycles. The van der Waals surface area contributed by atoms with Crippen LogP contribution in [-0.4, -0.2) is 101 Å². The molecule has 10 nitrogen and oxygen atoms in total. The number of nitrogens with two attached hydrogens (primary N) is 1. The van der Waals surface area contributed by atoms with Crippen molar-refractivity contribution in [2.45, 2.75) is 32.4 Å². The summed E-state index contributed by atoms with van der Waals surface area (Å²) in [5.74, 6) is -0.284. The zero-order valence-electron chi connectivity index (χ0n) is 25.3. The van der Waals surface area contributed by atoms with Crippen LogP contribution in [0, 0.1) is 0 Å². The van der Waals surface area contributed by atoms with E-state index >= 15 is 0 Å². The Morgan fingerprint density at radius 1 is 1.29 bits per heavy atom. The molecule has 232 valence electrons. The fraction of sp³-hybridized carbons (Fsp3) is 0.467. The van der Waals surface area contributed by atoms with E-state index in [-0.39, 0.29) is 18.6 Å². The van der Waals surface area contributed by atoms with Gasteiger partial charge in [0, 0.05) is 64.1 Å². The molecule has 1 fully saturated rings. The van der Waals surface area contributed by atoms with Crippen LogP contribution in [0.1, 0.15) is 37.4 Å². The maximum absolute atomic E-state index is 12.7. The second kappa shape index (κ2) is 17.2. The van der Waals surface area contributed by atoms with Gasteiger partial charge in [-0.2, -0.15) is 4.31 Å². The lowest BCUT2D eigenvalue weighted by Crippen LogP contribution is -2.49. The highest BCUT2D eigenvalue weighted by atomic mass is 35.5. The molecule has 0 spiro atoms. The molecular formula is C30H45ClN6O4S. The fourth-order valence-corrected chi connectivity index (χ4v) is 5.61. The van der Waals surface area contributed by atoms with Crippen LogP contribution >= 0.6 is 11.6 Å². The standard InChI is InChI=1S/C30H45ClN6O4S/c1-7-41-21-30(38)34-28(12-14-33-22-35(4)5)24(3)27-20-25(31)10-11-26(27)29(19-23(2)9-8-13-32)36-15-17-37(18-16-36)42(6,39)40/h8-14,20,22,28-29H,3,7,15-19,21,32H2,1-2,4-6H3,(H,34,38)/b13-8-,14-12+,23-9-,33-22?/t28-,29+/m0/s1. The topological polar surface area (TPSA) is 121 Å². The summed E-state index contributed by atoms with van der Waals surface area (Å²) in [6.07, 6.45) is 12.2. The van der Waals surface area contributed by atoms with Crippen LogP contribution in [0.4, 0.5) is 0 Å². The maximum atomic E-state index is 12.7. The number of piperazine rings is 1. The summed E-state index contributed by atoms with van der Waals surface area (Å²) in [7, 11) is 0.453. The van der Waals surface area contributed by atoms with Crippen molar-refractivity contribution in [2.24, 2.45) is 10.7 Å². The Balaban J connectivity index is 2.55. The summed E-state index contributed by atoms with van der Waals surface area (Å²) in [6.45, 7) is 10.5. The highest BCUT2D eigenvalue weighted by molar-refractivity contribution is 7.88. The number of amides is 1. The van der Waals surface area contributed by atoms with E-state index in [0.29, 0.717) is 49.8 Å². The van der Waals surface area contributed by atoms with Gasteiger partial charge in [-0.3, -0.25) is 9.69 Å². The summed E-state index contributed by atoms with van der Waals surface area (Å²) in [4.78, 5) is 21.1. The number of aliphatic imine (C=N–C) groups is 1. The lowest BCUT2D eigenvalue weighted by molar-refractivity contribution is -0.125. The van der Waals surface area contributed by atoms with Gasteiger partial charge in [-0.15, -0.1) is 0 Å². The van der Waals surface area contributed by atoms with E-state index in [1.54, 1.807) is 29.6 Å². The van der Waals surface area contributed by atoms with Crippen molar-refractivity contribution in [3.05, 3.63) is 77.1 Å². The second-order valence-electron chi connectivity index (χ2n) is 10.3. The lowest BCUT2D eigenvalue weighted by atomic mass is 9.88. The molecule has 1 aromatic rings. The molecular weight excluding hydrogens is 576 g/mol. The van der Waals surface area contributed by atoms with Gasteiger partial charge in [0.05, 0.1) is 18.6 Å². The van der Waals surface area contributed by atoms with Gasteiger partial charge in [0.2, 0.25) is 15.9 Å². The number of hydrogen-bond donors (Lipinski definition) is 2. The van der Waals surface area contributed by atoms with Crippen molar-refractivity contribution in [3.63, 3.8) is 0 Å². The van der Waals surface area contributed by atoms with Gasteiger partial charge in [-0.05, 0) is 67.5 Å². The van der Waals surface area contributed by atoms with Gasteiger partial charge in [0.15, 0.2) is 0 Å². The number of nitrogens with one attached hydrogen (secondary N) is 1. The molecule has 0 saturated carbocycles. The molecule has 2 rings (SSSR count). The van der Waals surface area contributed by atoms with Crippen LogP contribution in [0.15, 0.2) is 66.0 Å². The number of rotatable bonds is 15. The van der Waals surface area contributed by atoms with Crippen LogP contribution < -0.4 is 11.1 Å². The van der Waals surface area contributed by atoms with E-state index < -0.39 is 16.1 Å². The van der Waals surface area contributed by atoms with Crippen molar-refractivity contribution < 1.29 is 17.9 Å². The molecule has 3 N–H and O–H groups in total. The Morgan fingerprint density at radius 3 is 2.57 bits per heavy atom. The normalized spacial score (nSPS) is 17.2. The van der Waals surface area contributed by atoms with Crippen molar-refractivity contribution in [1.82, 2.24) is 19.4 Å². The molecule has 42 heavy (non-hydrogen) atoms. The Kier molecular flexibility index (Phi) is 14.5. The average molecular weight is 621 g/mol. The number of nitrogens with zero attached hydrogens (tertiary/aromatic N) is 4. The Labute approximate surface area is 256 Å². The van der Waals surface area contributed by atoms with Gasteiger partial charge in [-0.25, -0.2) is 13.4 Å². The van der Waals surface area contributed by atoms with Crippen molar-refractivity contribution in [2.75, 3.05) is 59.7 Å². The predicted octanol–water partition coefficient (Wildman–Crippen LogP) is 3.41. The number of sulfonamides is 1. The van der Waals surface area contributed by atoms with Gasteiger partial charge in [0.1, 0.15) is 6.61 Å². The van der Waals surface area contributed by atoms with E-state index in [1.165, 1.54) is 16.8 Å². The quantitative estimate of drug-likeness (QED) is 0.175. The summed E-state index contributed by atoms with van der Waals surface area (Å²) in [6, 6.07) is 4.97. The first-order valence-electron chi connectivity index (χ1n) is 13.8. The van der Waals surface area contributed by atoms with Gasteiger partial charge >= 0.3 is 0 Å². The third-order valence-electron chi connectivity index (χ3n) is 6.70. The van der Waals surface area contributed by atoms with E-state index in [4.69, 9.17) is 22.1 Å². The molecule has 2 atom stereocenters. The fourth-order valence-electron chi connectivity index (χ4n) is 4.61. The van der Waals surface area contributed by atoms with Gasteiger partial charge in [0.25, 0.3) is 0 Å². The van der Waals surface area contributed by atoms with E-state index in [9.17, 15) is 13.2 Å². The first kappa shape index (κ1) is 35.2. The lowest BCUT2D eigenvalue weighted by Gasteiger charge is -2.39. The molecule has 1 saturated heterocycles. The largest absolute Gasteiger partial charge is 0.405 e. The highest BCUT2D eigenvalue weighted by Gasteiger charge is 2.31. The molecule has 1 aromatic carbocycles. The SMILES string of the molecule is C=C(c1cc(Cl)ccc1[C@@H](C/C(C)=C\C=C/N)N1CCN(S(C)(=O)=O)CC1)[C@H](/C=C/N=CN(C)C)NC(=O)COCC. The molecule has 12 heteroatoms. The van der Waals surface area contributed by atoms with Crippen molar-refractivity contribution in [3.8, 4) is 0 Å². The summed E-state index contributed by atoms with van der Waals surface area (Å²) in [5, 5.41) is 3.52. The van der Waals surface area contributed by atoms with Gasteiger partial charge in [-0.1, -0.05) is 35.9 Å². The average Bonchev–Trinajstić information content (AvgIpc) is 2.94. The molecule has 1 aliphatic heterocycles. The van der Waals surface area contributed by atoms with Crippen LogP contribution in [0.5, 0.6) is 0 Å². The molecule has 0 unspecified atom stereocenters. The van der Waals surface area contributed by atoms with Crippen LogP contribution in [0.3, 0.4) is 0 Å². The molecule has 1 heterocycles. The number of halogens is 1. The number of hydrogen-bond acceptors (Lipinski definition) is 7. The number of carbonyl (C=O) groups excluding carboxylic acids is 1. The molecule has 1 aliphatic rings. The van der Waals surface area contributed by atoms with Crippen LogP contribution in [-0.2, 0) is 19.6 Å². The van der Waals surface area contributed by atoms with Gasteiger partial charge < -0.3 is 20.7 Å². The number of carbonyl (C=O) groups is 1. The van der Waals surface area contributed by atoms with E-state index in [1.807, 2.05) is 52.2 Å². The van der Waals surface area contributed by atoms with Crippen molar-refractivity contribution >= 4 is 39.4 Å². The zero-order valence-corrected chi connectivity index (χ0v) is 26.9. The summed E-state index contributed by atoms with van der Waals surface area (Å²) >= 11 is 6.52. The monoisotopic (exact) mass is 620 g/mol. The summed E-state index contributed by atoms with van der Waals surface area (Å²) in [5.41, 5.74) is 9.08. The number of ether oxygens (including phenoxy) is 1. The smallest absolute Gasteiger partial charge is 0.246 e.